The zero-order valence-electron chi connectivity index (χ0n) is 11.5. The first-order valence-electron chi connectivity index (χ1n) is 7.53. The van der Waals surface area contributed by atoms with Gasteiger partial charge >= 0.3 is 0 Å². The van der Waals surface area contributed by atoms with E-state index in [0.717, 1.165) is 6.42 Å². The molecule has 0 nitrogen and oxygen atoms in total. The summed E-state index contributed by atoms with van der Waals surface area (Å²) >= 11 is 0. The summed E-state index contributed by atoms with van der Waals surface area (Å²) in [6.45, 7) is 0. The van der Waals surface area contributed by atoms with Crippen LogP contribution in [0.3, 0.4) is 0 Å². The summed E-state index contributed by atoms with van der Waals surface area (Å²) in [7, 11) is 0. The standard InChI is InChI=1S/C21H12/c1-3-12-7-8-13-9-10-15-11-14-4-2-6-17-16(5-1)18(12)20(13)21(15)19(14)17/h1-2,4-11H,3H2. The molecule has 0 spiro atoms. The SMILES string of the molecule is C1=Cc2c3cccc4c3c3c(ccc5ccc(c2c53)C1)=C4. The lowest BCUT2D eigenvalue weighted by Crippen LogP contribution is -2.02. The molecule has 2 aliphatic carbocycles. The van der Waals surface area contributed by atoms with E-state index in [2.05, 4.69) is 60.7 Å². The predicted molar refractivity (Wildman–Crippen MR) is 90.5 cm³/mol. The molecular formula is C21H12. The molecule has 4 aromatic rings. The Labute approximate surface area is 122 Å². The molecule has 0 atom stereocenters. The number of hydrogen-bond donors (Lipinski definition) is 0. The minimum Gasteiger partial charge on any atom is -0.0795 e. The maximum absolute atomic E-state index is 2.34. The highest BCUT2D eigenvalue weighted by atomic mass is 14.2. The summed E-state index contributed by atoms with van der Waals surface area (Å²) in [4.78, 5) is 0. The van der Waals surface area contributed by atoms with E-state index in [1.165, 1.54) is 54.2 Å². The Balaban J connectivity index is 2.15. The lowest BCUT2D eigenvalue weighted by atomic mass is 9.85. The second kappa shape index (κ2) is 3.17. The average Bonchev–Trinajstić information content (AvgIpc) is 2.92. The van der Waals surface area contributed by atoms with E-state index >= 15 is 0 Å². The third-order valence-electron chi connectivity index (χ3n) is 5.14. The van der Waals surface area contributed by atoms with E-state index in [-0.39, 0.29) is 0 Å². The highest BCUT2D eigenvalue weighted by molar-refractivity contribution is 6.29. The fourth-order valence-electron chi connectivity index (χ4n) is 4.32. The topological polar surface area (TPSA) is 0 Å². The maximum Gasteiger partial charge on any atom is -0.00140 e. The first kappa shape index (κ1) is 10.2. The molecule has 0 bridgehead atoms. The van der Waals surface area contributed by atoms with Crippen molar-refractivity contribution < 1.29 is 0 Å². The maximum atomic E-state index is 2.34. The molecule has 0 heterocycles. The number of rotatable bonds is 0. The fourth-order valence-corrected chi connectivity index (χ4v) is 4.32. The number of hydrogen-bond acceptors (Lipinski definition) is 0. The lowest BCUT2D eigenvalue weighted by molar-refractivity contribution is 1.30. The van der Waals surface area contributed by atoms with E-state index in [4.69, 9.17) is 0 Å². The van der Waals surface area contributed by atoms with Crippen molar-refractivity contribution in [1.82, 2.24) is 0 Å². The van der Waals surface area contributed by atoms with Crippen LogP contribution in [0.5, 0.6) is 0 Å². The van der Waals surface area contributed by atoms with Crippen molar-refractivity contribution in [2.45, 2.75) is 6.42 Å². The van der Waals surface area contributed by atoms with Gasteiger partial charge in [-0.2, -0.15) is 0 Å². The van der Waals surface area contributed by atoms with Gasteiger partial charge in [-0.3, -0.25) is 0 Å². The van der Waals surface area contributed by atoms with Crippen LogP contribution in [0.4, 0.5) is 0 Å². The largest absolute Gasteiger partial charge is 0.0795 e. The van der Waals surface area contributed by atoms with E-state index in [0.29, 0.717) is 0 Å². The second-order valence-electron chi connectivity index (χ2n) is 6.16. The van der Waals surface area contributed by atoms with Crippen molar-refractivity contribution in [3.63, 3.8) is 0 Å². The van der Waals surface area contributed by atoms with Crippen LogP contribution in [0.25, 0.3) is 44.5 Å². The van der Waals surface area contributed by atoms with Gasteiger partial charge in [-0.1, -0.05) is 54.6 Å². The fraction of sp³-hybridized carbons (Fsp3) is 0.0476. The van der Waals surface area contributed by atoms with E-state index in [1.54, 1.807) is 0 Å². The molecule has 21 heavy (non-hydrogen) atoms. The molecule has 0 unspecified atom stereocenters. The zero-order chi connectivity index (χ0) is 13.6. The number of benzene rings is 4. The molecule has 2 aliphatic rings. The van der Waals surface area contributed by atoms with Crippen LogP contribution in [0, 0.1) is 0 Å². The summed E-state index contributed by atoms with van der Waals surface area (Å²) in [5.74, 6) is 0. The molecule has 0 aliphatic heterocycles. The van der Waals surface area contributed by atoms with Gasteiger partial charge in [0, 0.05) is 0 Å². The highest BCUT2D eigenvalue weighted by Gasteiger charge is 2.20. The van der Waals surface area contributed by atoms with E-state index in [1.807, 2.05) is 0 Å². The predicted octanol–water partition coefficient (Wildman–Crippen LogP) is 4.58. The Bertz CT molecular complexity index is 1190. The molecule has 0 saturated heterocycles. The van der Waals surface area contributed by atoms with Gasteiger partial charge in [-0.15, -0.1) is 0 Å². The Morgan fingerprint density at radius 1 is 0.762 bits per heavy atom. The van der Waals surface area contributed by atoms with Crippen LogP contribution in [-0.4, -0.2) is 0 Å². The van der Waals surface area contributed by atoms with Gasteiger partial charge in [0.25, 0.3) is 0 Å². The van der Waals surface area contributed by atoms with Crippen LogP contribution >= 0.6 is 0 Å². The van der Waals surface area contributed by atoms with Crippen molar-refractivity contribution >= 4 is 44.5 Å². The summed E-state index contributed by atoms with van der Waals surface area (Å²) in [6.07, 6.45) is 8.02. The van der Waals surface area contributed by atoms with E-state index in [9.17, 15) is 0 Å². The summed E-state index contributed by atoms with van der Waals surface area (Å²) in [5, 5.41) is 10.0. The van der Waals surface area contributed by atoms with Crippen molar-refractivity contribution in [3.8, 4) is 0 Å². The van der Waals surface area contributed by atoms with Gasteiger partial charge in [0.05, 0.1) is 0 Å². The Morgan fingerprint density at radius 3 is 2.71 bits per heavy atom. The van der Waals surface area contributed by atoms with Crippen LogP contribution in [0.2, 0.25) is 0 Å². The van der Waals surface area contributed by atoms with Crippen LogP contribution in [0.15, 0.2) is 48.5 Å². The van der Waals surface area contributed by atoms with Gasteiger partial charge in [-0.25, -0.2) is 0 Å². The minimum atomic E-state index is 1.05. The smallest absolute Gasteiger partial charge is 0.00140 e. The van der Waals surface area contributed by atoms with Crippen LogP contribution in [0.1, 0.15) is 16.7 Å². The van der Waals surface area contributed by atoms with Crippen molar-refractivity contribution in [2.24, 2.45) is 0 Å². The van der Waals surface area contributed by atoms with Crippen LogP contribution in [-0.2, 0) is 6.42 Å². The van der Waals surface area contributed by atoms with Gasteiger partial charge in [0.15, 0.2) is 0 Å². The highest BCUT2D eigenvalue weighted by Crippen LogP contribution is 2.42. The Hall–Kier alpha value is -2.60. The molecular weight excluding hydrogens is 252 g/mol. The molecule has 0 saturated carbocycles. The molecule has 4 aromatic carbocycles. The van der Waals surface area contributed by atoms with Gasteiger partial charge in [-0.05, 0) is 66.7 Å². The van der Waals surface area contributed by atoms with Crippen molar-refractivity contribution in [2.75, 3.05) is 0 Å². The summed E-state index contributed by atoms with van der Waals surface area (Å²) in [6, 6.07) is 15.9. The second-order valence-corrected chi connectivity index (χ2v) is 6.16. The quantitative estimate of drug-likeness (QED) is 0.284. The average molecular weight is 264 g/mol. The lowest BCUT2D eigenvalue weighted by Gasteiger charge is -2.18. The molecule has 0 N–H and O–H groups in total. The van der Waals surface area contributed by atoms with Crippen molar-refractivity contribution in [1.29, 1.82) is 0 Å². The number of fused-ring (bicyclic) bond motifs is 1. The zero-order valence-corrected chi connectivity index (χ0v) is 11.5. The summed E-state index contributed by atoms with van der Waals surface area (Å²) in [5.41, 5.74) is 4.26. The normalized spacial score (nSPS) is 14.7. The van der Waals surface area contributed by atoms with Gasteiger partial charge in [0.2, 0.25) is 0 Å². The minimum absolute atomic E-state index is 1.05. The van der Waals surface area contributed by atoms with Crippen molar-refractivity contribution in [3.05, 3.63) is 70.4 Å². The molecule has 96 valence electrons. The first-order chi connectivity index (χ1) is 10.4. The molecule has 0 fully saturated rings. The molecule has 0 amide bonds. The van der Waals surface area contributed by atoms with E-state index < -0.39 is 0 Å². The monoisotopic (exact) mass is 264 g/mol. The number of allylic oxidation sites excluding steroid dienone is 1. The van der Waals surface area contributed by atoms with Gasteiger partial charge in [0.1, 0.15) is 0 Å². The third kappa shape index (κ3) is 1.03. The molecule has 0 aromatic heterocycles. The molecule has 0 radical (unpaired) electrons. The molecule has 6 rings (SSSR count). The summed E-state index contributed by atoms with van der Waals surface area (Å²) < 4.78 is 0. The van der Waals surface area contributed by atoms with Gasteiger partial charge < -0.3 is 0 Å². The first-order valence-corrected chi connectivity index (χ1v) is 7.53. The Morgan fingerprint density at radius 2 is 1.71 bits per heavy atom. The Kier molecular flexibility index (Phi) is 1.54. The third-order valence-corrected chi connectivity index (χ3v) is 5.14. The molecule has 0 heteroatoms. The van der Waals surface area contributed by atoms with Crippen LogP contribution < -0.4 is 5.22 Å².